The first-order chi connectivity index (χ1) is 9.83. The van der Waals surface area contributed by atoms with E-state index in [0.717, 1.165) is 25.5 Å². The number of unbranched alkanes of at least 4 members (excludes halogenated alkanes) is 3. The molecule has 0 spiro atoms. The summed E-state index contributed by atoms with van der Waals surface area (Å²) in [5.41, 5.74) is 2.77. The Bertz CT molecular complexity index is 457. The summed E-state index contributed by atoms with van der Waals surface area (Å²) < 4.78 is 6.98. The highest BCUT2D eigenvalue weighted by molar-refractivity contribution is 9.10. The van der Waals surface area contributed by atoms with E-state index in [2.05, 4.69) is 33.4 Å². The van der Waals surface area contributed by atoms with E-state index < -0.39 is 0 Å². The van der Waals surface area contributed by atoms with E-state index in [9.17, 15) is 0 Å². The van der Waals surface area contributed by atoms with Crippen LogP contribution in [0.3, 0.4) is 0 Å². The van der Waals surface area contributed by atoms with Gasteiger partial charge in [-0.05, 0) is 61.9 Å². The zero-order valence-corrected chi connectivity index (χ0v) is 13.7. The number of rotatable bonds is 8. The molecule has 2 nitrogen and oxygen atoms in total. The molecule has 20 heavy (non-hydrogen) atoms. The van der Waals surface area contributed by atoms with Crippen LogP contribution in [0.2, 0.25) is 0 Å². The van der Waals surface area contributed by atoms with Gasteiger partial charge < -0.3 is 10.1 Å². The Morgan fingerprint density at radius 1 is 1.15 bits per heavy atom. The van der Waals surface area contributed by atoms with Crippen LogP contribution in [0.25, 0.3) is 0 Å². The predicted octanol–water partition coefficient (Wildman–Crippen LogP) is 4.24. The Balaban J connectivity index is 1.37. The molecule has 1 fully saturated rings. The van der Waals surface area contributed by atoms with Gasteiger partial charge in [0.2, 0.25) is 0 Å². The minimum atomic E-state index is 0.853. The molecule has 0 bridgehead atoms. The van der Waals surface area contributed by atoms with Crippen LogP contribution in [0, 0.1) is 0 Å². The van der Waals surface area contributed by atoms with Crippen molar-refractivity contribution in [2.75, 3.05) is 13.2 Å². The molecule has 110 valence electrons. The van der Waals surface area contributed by atoms with Crippen molar-refractivity contribution in [1.82, 2.24) is 5.32 Å². The van der Waals surface area contributed by atoms with E-state index in [1.165, 1.54) is 66.4 Å². The van der Waals surface area contributed by atoms with Gasteiger partial charge in [-0.15, -0.1) is 0 Å². The summed E-state index contributed by atoms with van der Waals surface area (Å²) in [4.78, 5) is 0. The standard InChI is InChI=1S/C17H24BrNO/c18-15-11-13(17-14(12-15)8-10-20-17)5-3-1-2-4-9-19-16-6-7-16/h11-12,16,19H,1-10H2. The lowest BCUT2D eigenvalue weighted by Gasteiger charge is -2.09. The molecule has 0 saturated heterocycles. The van der Waals surface area contributed by atoms with E-state index in [1.54, 1.807) is 0 Å². The van der Waals surface area contributed by atoms with Gasteiger partial charge in [-0.2, -0.15) is 0 Å². The highest BCUT2D eigenvalue weighted by Gasteiger charge is 2.19. The quantitative estimate of drug-likeness (QED) is 0.716. The maximum atomic E-state index is 5.78. The molecular formula is C17H24BrNO. The first kappa shape index (κ1) is 14.4. The minimum Gasteiger partial charge on any atom is -0.493 e. The average Bonchev–Trinajstić information content (AvgIpc) is 3.13. The minimum absolute atomic E-state index is 0.853. The van der Waals surface area contributed by atoms with Crippen LogP contribution in [-0.2, 0) is 12.8 Å². The van der Waals surface area contributed by atoms with E-state index >= 15 is 0 Å². The first-order valence-electron chi connectivity index (χ1n) is 8.00. The third-order valence-electron chi connectivity index (χ3n) is 4.21. The van der Waals surface area contributed by atoms with Crippen molar-refractivity contribution in [3.05, 3.63) is 27.7 Å². The number of aryl methyl sites for hydroxylation is 1. The fourth-order valence-corrected chi connectivity index (χ4v) is 3.47. The van der Waals surface area contributed by atoms with Gasteiger partial charge in [-0.3, -0.25) is 0 Å². The Labute approximate surface area is 130 Å². The summed E-state index contributed by atoms with van der Waals surface area (Å²) in [5, 5.41) is 3.58. The predicted molar refractivity (Wildman–Crippen MR) is 86.5 cm³/mol. The molecule has 1 aromatic rings. The second-order valence-corrected chi connectivity index (χ2v) is 6.96. The number of halogens is 1. The Morgan fingerprint density at radius 2 is 2.00 bits per heavy atom. The van der Waals surface area contributed by atoms with Crippen molar-refractivity contribution < 1.29 is 4.74 Å². The van der Waals surface area contributed by atoms with E-state index in [0.29, 0.717) is 0 Å². The molecule has 0 amide bonds. The summed E-state index contributed by atoms with van der Waals surface area (Å²) in [6.07, 6.45) is 10.3. The highest BCUT2D eigenvalue weighted by atomic mass is 79.9. The van der Waals surface area contributed by atoms with Crippen LogP contribution < -0.4 is 10.1 Å². The van der Waals surface area contributed by atoms with Crippen molar-refractivity contribution in [3.8, 4) is 5.75 Å². The Kier molecular flexibility index (Phi) is 5.00. The molecule has 1 aromatic carbocycles. The summed E-state index contributed by atoms with van der Waals surface area (Å²) in [7, 11) is 0. The summed E-state index contributed by atoms with van der Waals surface area (Å²) in [6, 6.07) is 5.30. The molecule has 0 aromatic heterocycles. The van der Waals surface area contributed by atoms with E-state index in [4.69, 9.17) is 4.74 Å². The maximum Gasteiger partial charge on any atom is 0.125 e. The SMILES string of the molecule is Brc1cc(CCCCCCNC2CC2)c2c(c1)CCO2. The second kappa shape index (κ2) is 6.95. The molecule has 1 aliphatic heterocycles. The molecule has 1 aliphatic carbocycles. The Hall–Kier alpha value is -0.540. The zero-order chi connectivity index (χ0) is 13.8. The van der Waals surface area contributed by atoms with Crippen molar-refractivity contribution in [2.45, 2.75) is 57.4 Å². The van der Waals surface area contributed by atoms with Crippen molar-refractivity contribution >= 4 is 15.9 Å². The molecular weight excluding hydrogens is 314 g/mol. The Morgan fingerprint density at radius 3 is 2.85 bits per heavy atom. The molecule has 3 rings (SSSR count). The number of hydrogen-bond acceptors (Lipinski definition) is 2. The van der Waals surface area contributed by atoms with Gasteiger partial charge in [-0.1, -0.05) is 28.8 Å². The molecule has 0 unspecified atom stereocenters. The van der Waals surface area contributed by atoms with E-state index in [-0.39, 0.29) is 0 Å². The summed E-state index contributed by atoms with van der Waals surface area (Å²) in [5.74, 6) is 1.17. The summed E-state index contributed by atoms with van der Waals surface area (Å²) >= 11 is 3.61. The van der Waals surface area contributed by atoms with Gasteiger partial charge in [0.1, 0.15) is 5.75 Å². The van der Waals surface area contributed by atoms with Gasteiger partial charge in [-0.25, -0.2) is 0 Å². The van der Waals surface area contributed by atoms with Crippen LogP contribution >= 0.6 is 15.9 Å². The van der Waals surface area contributed by atoms with Gasteiger partial charge >= 0.3 is 0 Å². The number of benzene rings is 1. The zero-order valence-electron chi connectivity index (χ0n) is 12.1. The smallest absolute Gasteiger partial charge is 0.125 e. The molecule has 2 aliphatic rings. The number of hydrogen-bond donors (Lipinski definition) is 1. The van der Waals surface area contributed by atoms with Gasteiger partial charge in [0.25, 0.3) is 0 Å². The molecule has 0 radical (unpaired) electrons. The van der Waals surface area contributed by atoms with Crippen LogP contribution in [0.5, 0.6) is 5.75 Å². The van der Waals surface area contributed by atoms with Crippen molar-refractivity contribution in [2.24, 2.45) is 0 Å². The number of fused-ring (bicyclic) bond motifs is 1. The third-order valence-corrected chi connectivity index (χ3v) is 4.67. The van der Waals surface area contributed by atoms with Crippen LogP contribution in [-0.4, -0.2) is 19.2 Å². The van der Waals surface area contributed by atoms with Crippen LogP contribution in [0.15, 0.2) is 16.6 Å². The topological polar surface area (TPSA) is 21.3 Å². The highest BCUT2D eigenvalue weighted by Crippen LogP contribution is 2.33. The van der Waals surface area contributed by atoms with E-state index in [1.807, 2.05) is 0 Å². The first-order valence-corrected chi connectivity index (χ1v) is 8.80. The maximum absolute atomic E-state index is 5.78. The third kappa shape index (κ3) is 3.98. The normalized spacial score (nSPS) is 17.1. The molecule has 1 heterocycles. The number of ether oxygens (including phenoxy) is 1. The molecule has 0 atom stereocenters. The second-order valence-electron chi connectivity index (χ2n) is 6.04. The van der Waals surface area contributed by atoms with Gasteiger partial charge in [0, 0.05) is 16.9 Å². The molecule has 1 saturated carbocycles. The lowest BCUT2D eigenvalue weighted by atomic mass is 10.0. The van der Waals surface area contributed by atoms with Gasteiger partial charge in [0.15, 0.2) is 0 Å². The van der Waals surface area contributed by atoms with Crippen LogP contribution in [0.1, 0.15) is 49.7 Å². The monoisotopic (exact) mass is 337 g/mol. The fourth-order valence-electron chi connectivity index (χ4n) is 2.92. The van der Waals surface area contributed by atoms with Crippen LogP contribution in [0.4, 0.5) is 0 Å². The molecule has 1 N–H and O–H groups in total. The van der Waals surface area contributed by atoms with Gasteiger partial charge in [0.05, 0.1) is 6.61 Å². The fraction of sp³-hybridized carbons (Fsp3) is 0.647. The average molecular weight is 338 g/mol. The molecule has 3 heteroatoms. The van der Waals surface area contributed by atoms with Crippen molar-refractivity contribution in [1.29, 1.82) is 0 Å². The number of nitrogens with one attached hydrogen (secondary N) is 1. The lowest BCUT2D eigenvalue weighted by molar-refractivity contribution is 0.353. The largest absolute Gasteiger partial charge is 0.493 e. The van der Waals surface area contributed by atoms with Crippen molar-refractivity contribution in [3.63, 3.8) is 0 Å². The summed E-state index contributed by atoms with van der Waals surface area (Å²) in [6.45, 7) is 2.06. The lowest BCUT2D eigenvalue weighted by Crippen LogP contribution is -2.17.